The molecule has 2 saturated heterocycles. The van der Waals surface area contributed by atoms with Gasteiger partial charge in [0.1, 0.15) is 13.2 Å². The molecule has 1 aromatic rings. The van der Waals surface area contributed by atoms with Gasteiger partial charge in [0.05, 0.1) is 15.6 Å². The topological polar surface area (TPSA) is 76.2 Å². The monoisotopic (exact) mass is 540 g/mol. The van der Waals surface area contributed by atoms with Crippen LogP contribution in [-0.2, 0) is 9.59 Å². The summed E-state index contributed by atoms with van der Waals surface area (Å²) >= 11 is 2.92. The fourth-order valence-electron chi connectivity index (χ4n) is 3.24. The molecule has 158 valence electrons. The second-order valence-electron chi connectivity index (χ2n) is 6.74. The van der Waals surface area contributed by atoms with Crippen LogP contribution in [0.3, 0.4) is 0 Å². The first-order valence-electron chi connectivity index (χ1n) is 9.41. The number of thioether (sulfide) groups is 1. The van der Waals surface area contributed by atoms with Crippen molar-refractivity contribution in [3.63, 3.8) is 0 Å². The molecule has 7 nitrogen and oxygen atoms in total. The fraction of sp³-hybridized carbons (Fsp3) is 0.381. The van der Waals surface area contributed by atoms with Crippen LogP contribution in [0.15, 0.2) is 17.0 Å². The zero-order valence-corrected chi connectivity index (χ0v) is 19.5. The van der Waals surface area contributed by atoms with Crippen molar-refractivity contribution in [3.05, 3.63) is 26.2 Å². The van der Waals surface area contributed by atoms with E-state index >= 15 is 0 Å². The van der Waals surface area contributed by atoms with Gasteiger partial charge in [0.2, 0.25) is 5.91 Å². The van der Waals surface area contributed by atoms with Crippen LogP contribution in [0.5, 0.6) is 11.5 Å². The average molecular weight is 540 g/mol. The maximum atomic E-state index is 12.8. The van der Waals surface area contributed by atoms with Crippen LogP contribution >= 0.6 is 34.4 Å². The number of methoxy groups -OCH3 is 1. The first-order valence-corrected chi connectivity index (χ1v) is 11.3. The molecule has 0 atom stereocenters. The summed E-state index contributed by atoms with van der Waals surface area (Å²) in [4.78, 5) is 40.6. The number of halogens is 1. The van der Waals surface area contributed by atoms with E-state index in [-0.39, 0.29) is 24.0 Å². The molecule has 0 saturated carbocycles. The lowest BCUT2D eigenvalue weighted by Crippen LogP contribution is -2.44. The standard InChI is InChI=1S/C21H21IN2O5S/c1-3-9-29-19-15(22)10-14(11-16(19)28-2)12-17-20(26)24(21(27)30-17)13-18(25)23-7-5-4-6-8-23/h1,10-12H,4-9,13H2,2H3/b17-12+. The first-order chi connectivity index (χ1) is 14.4. The minimum atomic E-state index is -0.461. The number of carbonyl (C=O) groups excluding carboxylic acids is 3. The number of nitrogens with zero attached hydrogens (tertiary/aromatic N) is 2. The van der Waals surface area contributed by atoms with Gasteiger partial charge in [0.25, 0.3) is 11.1 Å². The number of amides is 3. The van der Waals surface area contributed by atoms with Crippen molar-refractivity contribution >= 4 is 57.5 Å². The third kappa shape index (κ3) is 5.10. The summed E-state index contributed by atoms with van der Waals surface area (Å²) in [6.45, 7) is 1.24. The van der Waals surface area contributed by atoms with Gasteiger partial charge < -0.3 is 14.4 Å². The second kappa shape index (κ2) is 10.2. The average Bonchev–Trinajstić information content (AvgIpc) is 3.00. The van der Waals surface area contributed by atoms with Crippen molar-refractivity contribution in [3.8, 4) is 23.8 Å². The Morgan fingerprint density at radius 3 is 2.70 bits per heavy atom. The van der Waals surface area contributed by atoms with Crippen LogP contribution in [-0.4, -0.2) is 60.2 Å². The van der Waals surface area contributed by atoms with Crippen molar-refractivity contribution in [2.45, 2.75) is 19.3 Å². The van der Waals surface area contributed by atoms with Crippen molar-refractivity contribution in [2.75, 3.05) is 33.4 Å². The van der Waals surface area contributed by atoms with E-state index in [0.29, 0.717) is 30.2 Å². The first kappa shape index (κ1) is 22.5. The van der Waals surface area contributed by atoms with Crippen LogP contribution < -0.4 is 9.47 Å². The predicted molar refractivity (Wildman–Crippen MR) is 123 cm³/mol. The summed E-state index contributed by atoms with van der Waals surface area (Å²) in [6, 6.07) is 3.52. The molecule has 0 N–H and O–H groups in total. The fourth-order valence-corrected chi connectivity index (χ4v) is 4.86. The van der Waals surface area contributed by atoms with E-state index in [2.05, 4.69) is 28.5 Å². The number of rotatable bonds is 6. The molecule has 0 spiro atoms. The van der Waals surface area contributed by atoms with E-state index in [1.807, 2.05) is 6.07 Å². The van der Waals surface area contributed by atoms with E-state index < -0.39 is 11.1 Å². The Bertz CT molecular complexity index is 934. The molecule has 2 aliphatic heterocycles. The minimum Gasteiger partial charge on any atom is -0.493 e. The van der Waals surface area contributed by atoms with E-state index in [1.54, 1.807) is 17.0 Å². The highest BCUT2D eigenvalue weighted by Crippen LogP contribution is 2.37. The molecule has 30 heavy (non-hydrogen) atoms. The number of piperidine rings is 1. The summed E-state index contributed by atoms with van der Waals surface area (Å²) in [5.74, 6) is 2.75. The van der Waals surface area contributed by atoms with Crippen LogP contribution in [0.1, 0.15) is 24.8 Å². The highest BCUT2D eigenvalue weighted by molar-refractivity contribution is 14.1. The van der Waals surface area contributed by atoms with Crippen LogP contribution in [0.2, 0.25) is 0 Å². The van der Waals surface area contributed by atoms with Gasteiger partial charge in [-0.15, -0.1) is 6.42 Å². The zero-order chi connectivity index (χ0) is 21.7. The molecule has 2 aliphatic rings. The van der Waals surface area contributed by atoms with Crippen LogP contribution in [0.25, 0.3) is 6.08 Å². The number of likely N-dealkylation sites (tertiary alicyclic amines) is 1. The second-order valence-corrected chi connectivity index (χ2v) is 8.89. The van der Waals surface area contributed by atoms with Crippen LogP contribution in [0, 0.1) is 15.9 Å². The molecule has 3 rings (SSSR count). The van der Waals surface area contributed by atoms with E-state index in [4.69, 9.17) is 15.9 Å². The van der Waals surface area contributed by atoms with Gasteiger partial charge in [-0.1, -0.05) is 5.92 Å². The molecule has 0 unspecified atom stereocenters. The van der Waals surface area contributed by atoms with Crippen molar-refractivity contribution in [1.82, 2.24) is 9.80 Å². The molecule has 0 bridgehead atoms. The quantitative estimate of drug-likeness (QED) is 0.313. The smallest absolute Gasteiger partial charge is 0.294 e. The van der Waals surface area contributed by atoms with Crippen molar-refractivity contribution in [1.29, 1.82) is 0 Å². The Morgan fingerprint density at radius 2 is 2.03 bits per heavy atom. The number of imide groups is 1. The Balaban J connectivity index is 1.77. The number of terminal acetylenes is 1. The maximum absolute atomic E-state index is 12.8. The molecule has 2 fully saturated rings. The molecule has 0 aromatic heterocycles. The Kier molecular flexibility index (Phi) is 7.66. The minimum absolute atomic E-state index is 0.107. The van der Waals surface area contributed by atoms with Gasteiger partial charge in [-0.25, -0.2) is 0 Å². The van der Waals surface area contributed by atoms with Gasteiger partial charge in [-0.2, -0.15) is 0 Å². The molecule has 0 radical (unpaired) electrons. The van der Waals surface area contributed by atoms with E-state index in [1.165, 1.54) is 7.11 Å². The predicted octanol–water partition coefficient (Wildman–Crippen LogP) is 3.36. The number of benzene rings is 1. The zero-order valence-electron chi connectivity index (χ0n) is 16.5. The molecule has 3 amide bonds. The number of hydrogen-bond acceptors (Lipinski definition) is 6. The molecule has 9 heteroatoms. The Morgan fingerprint density at radius 1 is 1.30 bits per heavy atom. The molecule has 0 aliphatic carbocycles. The third-order valence-electron chi connectivity index (χ3n) is 4.73. The van der Waals surface area contributed by atoms with Crippen LogP contribution in [0.4, 0.5) is 4.79 Å². The number of ether oxygens (including phenoxy) is 2. The molecule has 1 aromatic carbocycles. The van der Waals surface area contributed by atoms with Crippen molar-refractivity contribution in [2.24, 2.45) is 0 Å². The summed E-state index contributed by atoms with van der Waals surface area (Å²) in [6.07, 6.45) is 9.87. The van der Waals surface area contributed by atoms with Gasteiger partial charge in [-0.3, -0.25) is 19.3 Å². The molecular weight excluding hydrogens is 519 g/mol. The Labute approximate surface area is 193 Å². The van der Waals surface area contributed by atoms with Crippen molar-refractivity contribution < 1.29 is 23.9 Å². The third-order valence-corrected chi connectivity index (χ3v) is 6.43. The maximum Gasteiger partial charge on any atom is 0.294 e. The summed E-state index contributed by atoms with van der Waals surface area (Å²) in [5.41, 5.74) is 0.678. The Hall–Kier alpha value is -2.19. The normalized spacial score (nSPS) is 18.0. The highest BCUT2D eigenvalue weighted by Gasteiger charge is 2.37. The summed E-state index contributed by atoms with van der Waals surface area (Å²) in [7, 11) is 1.51. The van der Waals surface area contributed by atoms with Gasteiger partial charge >= 0.3 is 0 Å². The lowest BCUT2D eigenvalue weighted by Gasteiger charge is -2.27. The van der Waals surface area contributed by atoms with Gasteiger partial charge in [0, 0.05) is 13.1 Å². The lowest BCUT2D eigenvalue weighted by atomic mass is 10.1. The van der Waals surface area contributed by atoms with E-state index in [9.17, 15) is 14.4 Å². The number of carbonyl (C=O) groups is 3. The summed E-state index contributed by atoms with van der Waals surface area (Å²) < 4.78 is 11.7. The largest absolute Gasteiger partial charge is 0.493 e. The van der Waals surface area contributed by atoms with Gasteiger partial charge in [-0.05, 0) is 77.4 Å². The van der Waals surface area contributed by atoms with E-state index in [0.717, 1.165) is 39.5 Å². The number of hydrogen-bond donors (Lipinski definition) is 0. The molecular formula is C21H21IN2O5S. The SMILES string of the molecule is C#CCOc1c(I)cc(/C=C2/SC(=O)N(CC(=O)N3CCCCC3)C2=O)cc1OC. The van der Waals surface area contributed by atoms with Gasteiger partial charge in [0.15, 0.2) is 11.5 Å². The summed E-state index contributed by atoms with van der Waals surface area (Å²) in [5, 5.41) is -0.438. The molecule has 2 heterocycles. The lowest BCUT2D eigenvalue weighted by molar-refractivity contribution is -0.136. The highest BCUT2D eigenvalue weighted by atomic mass is 127.